The summed E-state index contributed by atoms with van der Waals surface area (Å²) in [5.74, 6) is -0.763. The summed E-state index contributed by atoms with van der Waals surface area (Å²) >= 11 is 3.73. The fraction of sp³-hybridized carbons (Fsp3) is 0.444. The average molecular weight is 268 g/mol. The van der Waals surface area contributed by atoms with Crippen LogP contribution in [0.1, 0.15) is 17.2 Å². The maximum absolute atomic E-state index is 12.5. The Bertz CT molecular complexity index is 400. The number of halogens is 3. The molecule has 0 saturated heterocycles. The summed E-state index contributed by atoms with van der Waals surface area (Å²) in [5, 5.41) is 18.8. The summed E-state index contributed by atoms with van der Waals surface area (Å²) < 4.78 is 37.5. The van der Waals surface area contributed by atoms with Crippen molar-refractivity contribution in [3.8, 4) is 0 Å². The van der Waals surface area contributed by atoms with E-state index in [0.29, 0.717) is 6.07 Å². The molecule has 1 aromatic heterocycles. The minimum atomic E-state index is -4.65. The van der Waals surface area contributed by atoms with Gasteiger partial charge in [0.1, 0.15) is 11.9 Å². The molecular formula is C9H11F3N2O2S. The lowest BCUT2D eigenvalue weighted by Gasteiger charge is -2.17. The predicted molar refractivity (Wildman–Crippen MR) is 58.5 cm³/mol. The smallest absolute Gasteiger partial charge is 0.389 e. The molecule has 8 heteroatoms. The van der Waals surface area contributed by atoms with Gasteiger partial charge in [0.05, 0.1) is 11.7 Å². The molecule has 96 valence electrons. The van der Waals surface area contributed by atoms with Gasteiger partial charge in [0.25, 0.3) is 0 Å². The van der Waals surface area contributed by atoms with Gasteiger partial charge in [-0.3, -0.25) is 0 Å². The van der Waals surface area contributed by atoms with E-state index in [1.807, 2.05) is 0 Å². The highest BCUT2D eigenvalue weighted by molar-refractivity contribution is 7.80. The van der Waals surface area contributed by atoms with Crippen LogP contribution >= 0.6 is 12.6 Å². The van der Waals surface area contributed by atoms with Crippen molar-refractivity contribution in [3.05, 3.63) is 23.4 Å². The van der Waals surface area contributed by atoms with E-state index in [1.165, 1.54) is 0 Å². The third-order valence-electron chi connectivity index (χ3n) is 2.14. The van der Waals surface area contributed by atoms with E-state index in [1.54, 1.807) is 0 Å². The van der Waals surface area contributed by atoms with E-state index in [4.69, 9.17) is 5.73 Å². The number of pyridine rings is 1. The molecule has 1 rings (SSSR count). The Balaban J connectivity index is 3.13. The normalized spacial score (nSPS) is 15.6. The first-order valence-corrected chi connectivity index (χ1v) is 5.20. The standard InChI is InChI=1S/C9H11F3N2O2S/c10-9(11,12)5-1-4(2-14-8(5)13)7(16)6(15)3-17/h1-2,6-7,15-17H,3H2,(H2,13,14). The second-order valence-corrected chi connectivity index (χ2v) is 3.76. The van der Waals surface area contributed by atoms with Crippen molar-refractivity contribution in [1.29, 1.82) is 0 Å². The number of nitrogens with two attached hydrogens (primary N) is 1. The number of aromatic nitrogens is 1. The fourth-order valence-corrected chi connectivity index (χ4v) is 1.40. The number of rotatable bonds is 3. The third kappa shape index (κ3) is 3.24. The average Bonchev–Trinajstić information content (AvgIpc) is 2.26. The van der Waals surface area contributed by atoms with E-state index in [9.17, 15) is 23.4 Å². The fourth-order valence-electron chi connectivity index (χ4n) is 1.20. The number of hydrogen-bond donors (Lipinski definition) is 4. The number of nitrogen functional groups attached to an aromatic ring is 1. The van der Waals surface area contributed by atoms with E-state index in [0.717, 1.165) is 6.20 Å². The van der Waals surface area contributed by atoms with Crippen LogP contribution in [0.4, 0.5) is 19.0 Å². The number of aliphatic hydroxyl groups excluding tert-OH is 2. The molecule has 2 atom stereocenters. The van der Waals surface area contributed by atoms with Gasteiger partial charge in [-0.05, 0) is 6.07 Å². The molecule has 0 fully saturated rings. The lowest BCUT2D eigenvalue weighted by atomic mass is 10.1. The highest BCUT2D eigenvalue weighted by atomic mass is 32.1. The van der Waals surface area contributed by atoms with Crippen molar-refractivity contribution in [2.24, 2.45) is 0 Å². The molecule has 17 heavy (non-hydrogen) atoms. The number of aliphatic hydroxyl groups is 2. The maximum atomic E-state index is 12.5. The van der Waals surface area contributed by atoms with E-state index in [2.05, 4.69) is 17.6 Å². The molecule has 4 N–H and O–H groups in total. The van der Waals surface area contributed by atoms with Crippen LogP contribution in [-0.2, 0) is 6.18 Å². The maximum Gasteiger partial charge on any atom is 0.419 e. The van der Waals surface area contributed by atoms with Crippen LogP contribution in [0.3, 0.4) is 0 Å². The van der Waals surface area contributed by atoms with E-state index < -0.39 is 29.8 Å². The molecule has 0 aliphatic heterocycles. The van der Waals surface area contributed by atoms with Crippen LogP contribution in [0.2, 0.25) is 0 Å². The molecule has 0 aliphatic carbocycles. The minimum Gasteiger partial charge on any atom is -0.389 e. The topological polar surface area (TPSA) is 79.4 Å². The van der Waals surface area contributed by atoms with Crippen LogP contribution in [0.5, 0.6) is 0 Å². The Kier molecular flexibility index (Phi) is 4.23. The molecule has 0 amide bonds. The van der Waals surface area contributed by atoms with Gasteiger partial charge in [0, 0.05) is 17.5 Å². The number of hydrogen-bond acceptors (Lipinski definition) is 5. The summed E-state index contributed by atoms with van der Waals surface area (Å²) in [5.41, 5.74) is 3.80. The summed E-state index contributed by atoms with van der Waals surface area (Å²) in [4.78, 5) is 3.35. The van der Waals surface area contributed by atoms with Gasteiger partial charge in [0.2, 0.25) is 0 Å². The molecule has 0 saturated carbocycles. The van der Waals surface area contributed by atoms with Crippen molar-refractivity contribution in [2.45, 2.75) is 18.4 Å². The van der Waals surface area contributed by atoms with Crippen molar-refractivity contribution in [2.75, 3.05) is 11.5 Å². The SMILES string of the molecule is Nc1ncc(C(O)C(O)CS)cc1C(F)(F)F. The van der Waals surface area contributed by atoms with Crippen LogP contribution in [0, 0.1) is 0 Å². The molecule has 0 aliphatic rings. The van der Waals surface area contributed by atoms with Gasteiger partial charge >= 0.3 is 6.18 Å². The molecule has 0 aromatic carbocycles. The zero-order chi connectivity index (χ0) is 13.2. The Morgan fingerprint density at radius 2 is 2.00 bits per heavy atom. The van der Waals surface area contributed by atoms with Crippen molar-refractivity contribution < 1.29 is 23.4 Å². The Morgan fingerprint density at radius 3 is 2.47 bits per heavy atom. The Labute approximate surface area is 101 Å². The molecule has 2 unspecified atom stereocenters. The molecule has 1 aromatic rings. The summed E-state index contributed by atoms with van der Waals surface area (Å²) in [6.45, 7) is 0. The van der Waals surface area contributed by atoms with Gasteiger partial charge < -0.3 is 15.9 Å². The second kappa shape index (κ2) is 5.11. The van der Waals surface area contributed by atoms with E-state index >= 15 is 0 Å². The number of alkyl halides is 3. The van der Waals surface area contributed by atoms with Gasteiger partial charge in [-0.25, -0.2) is 4.98 Å². The zero-order valence-electron chi connectivity index (χ0n) is 8.52. The number of nitrogens with zero attached hydrogens (tertiary/aromatic N) is 1. The largest absolute Gasteiger partial charge is 0.419 e. The summed E-state index contributed by atoms with van der Waals surface area (Å²) in [7, 11) is 0. The summed E-state index contributed by atoms with van der Waals surface area (Å²) in [6, 6.07) is 0.666. The second-order valence-electron chi connectivity index (χ2n) is 3.39. The molecule has 0 spiro atoms. The molecule has 1 heterocycles. The monoisotopic (exact) mass is 268 g/mol. The Morgan fingerprint density at radius 1 is 1.41 bits per heavy atom. The first-order chi connectivity index (χ1) is 7.77. The van der Waals surface area contributed by atoms with Crippen LogP contribution in [0.15, 0.2) is 12.3 Å². The van der Waals surface area contributed by atoms with Crippen molar-refractivity contribution >= 4 is 18.4 Å². The lowest BCUT2D eigenvalue weighted by Crippen LogP contribution is -2.21. The zero-order valence-corrected chi connectivity index (χ0v) is 9.41. The van der Waals surface area contributed by atoms with Gasteiger partial charge in [0.15, 0.2) is 0 Å². The van der Waals surface area contributed by atoms with Gasteiger partial charge in [-0.15, -0.1) is 0 Å². The van der Waals surface area contributed by atoms with Crippen LogP contribution < -0.4 is 5.73 Å². The Hall–Kier alpha value is -0.990. The molecule has 0 radical (unpaired) electrons. The molecule has 0 bridgehead atoms. The first-order valence-electron chi connectivity index (χ1n) is 4.57. The number of thiol groups is 1. The first kappa shape index (κ1) is 14.1. The van der Waals surface area contributed by atoms with Crippen LogP contribution in [-0.4, -0.2) is 27.1 Å². The lowest BCUT2D eigenvalue weighted by molar-refractivity contribution is -0.137. The van der Waals surface area contributed by atoms with Gasteiger partial charge in [-0.2, -0.15) is 25.8 Å². The highest BCUT2D eigenvalue weighted by Crippen LogP contribution is 2.34. The predicted octanol–water partition coefficient (Wildman–Crippen LogP) is 1.01. The van der Waals surface area contributed by atoms with Crippen LogP contribution in [0.25, 0.3) is 0 Å². The van der Waals surface area contributed by atoms with Crippen molar-refractivity contribution in [3.63, 3.8) is 0 Å². The van der Waals surface area contributed by atoms with Crippen molar-refractivity contribution in [1.82, 2.24) is 4.98 Å². The number of anilines is 1. The minimum absolute atomic E-state index is 0.0904. The quantitative estimate of drug-likeness (QED) is 0.617. The summed E-state index contributed by atoms with van der Waals surface area (Å²) in [6.07, 6.45) is -6.42. The third-order valence-corrected chi connectivity index (χ3v) is 2.51. The molecule has 4 nitrogen and oxygen atoms in total. The highest BCUT2D eigenvalue weighted by Gasteiger charge is 2.34. The van der Waals surface area contributed by atoms with Gasteiger partial charge in [-0.1, -0.05) is 0 Å². The van der Waals surface area contributed by atoms with E-state index in [-0.39, 0.29) is 11.3 Å². The molecular weight excluding hydrogens is 257 g/mol.